The molecule has 12 heteroatoms. The second-order valence-corrected chi connectivity index (χ2v) is 8.90. The van der Waals surface area contributed by atoms with E-state index < -0.39 is 16.1 Å². The minimum Gasteiger partial charge on any atom is -0.386 e. The summed E-state index contributed by atoms with van der Waals surface area (Å²) in [6.07, 6.45) is 2.06. The normalized spacial score (nSPS) is 12.9. The third-order valence-electron chi connectivity index (χ3n) is 3.34. The number of sulfonamides is 1. The molecule has 0 saturated carbocycles. The monoisotopic (exact) mass is 559 g/mol. The van der Waals surface area contributed by atoms with E-state index in [9.17, 15) is 13.5 Å². The van der Waals surface area contributed by atoms with Crippen LogP contribution in [0.25, 0.3) is 0 Å². The molecule has 28 heavy (non-hydrogen) atoms. The lowest BCUT2D eigenvalue weighted by Gasteiger charge is -2.13. The molecule has 2 rings (SSSR count). The number of nitrogens with zero attached hydrogens (tertiary/aromatic N) is 2. The average Bonchev–Trinajstić information content (AvgIpc) is 3.10. The maximum absolute atomic E-state index is 12.1. The van der Waals surface area contributed by atoms with Crippen molar-refractivity contribution < 1.29 is 13.5 Å². The molecule has 156 valence electrons. The van der Waals surface area contributed by atoms with Gasteiger partial charge in [0.15, 0.2) is 5.96 Å². The number of aliphatic hydroxyl groups excluding tert-OH is 1. The van der Waals surface area contributed by atoms with E-state index in [-0.39, 0.29) is 42.0 Å². The molecule has 1 unspecified atom stereocenters. The summed E-state index contributed by atoms with van der Waals surface area (Å²) in [7, 11) is -3.59. The van der Waals surface area contributed by atoms with Crippen LogP contribution in [0.2, 0.25) is 4.34 Å². The highest BCUT2D eigenvalue weighted by Crippen LogP contribution is 2.26. The van der Waals surface area contributed by atoms with E-state index in [1.54, 1.807) is 18.2 Å². The number of nitrogens with one attached hydrogen (secondary N) is 3. The van der Waals surface area contributed by atoms with Gasteiger partial charge in [0, 0.05) is 36.9 Å². The molecule has 0 aromatic carbocycles. The third-order valence-corrected chi connectivity index (χ3v) is 6.12. The molecule has 0 aliphatic rings. The SMILES string of the molecule is CCNC(=NCC(O)c1ccc(Cl)s1)NCCNS(=O)(=O)c1cccnc1.I. The Balaban J connectivity index is 0.00000392. The number of hydrogen-bond donors (Lipinski definition) is 4. The fraction of sp³-hybridized carbons (Fsp3) is 0.375. The molecular formula is C16H23ClIN5O3S2. The van der Waals surface area contributed by atoms with Crippen molar-refractivity contribution in [3.63, 3.8) is 0 Å². The van der Waals surface area contributed by atoms with E-state index >= 15 is 0 Å². The van der Waals surface area contributed by atoms with E-state index in [1.165, 1.54) is 29.8 Å². The van der Waals surface area contributed by atoms with Crippen LogP contribution in [-0.2, 0) is 10.0 Å². The van der Waals surface area contributed by atoms with Gasteiger partial charge in [0.2, 0.25) is 10.0 Å². The number of guanidine groups is 1. The predicted molar refractivity (Wildman–Crippen MR) is 123 cm³/mol. The molecule has 2 aromatic rings. The van der Waals surface area contributed by atoms with Gasteiger partial charge in [0.1, 0.15) is 11.0 Å². The Labute approximate surface area is 190 Å². The summed E-state index contributed by atoms with van der Waals surface area (Å²) in [5.41, 5.74) is 0. The van der Waals surface area contributed by atoms with Gasteiger partial charge in [-0.05, 0) is 31.2 Å². The number of aromatic nitrogens is 1. The number of aliphatic hydroxyl groups is 1. The zero-order chi connectivity index (χ0) is 19.7. The van der Waals surface area contributed by atoms with Crippen LogP contribution in [0, 0.1) is 0 Å². The molecule has 4 N–H and O–H groups in total. The standard InChI is InChI=1S/C16H22ClN5O3S2.HI/c1-2-19-16(21-11-13(23)14-5-6-15(17)26-14)20-8-9-22-27(24,25)12-4-3-7-18-10-12;/h3-7,10,13,22-23H,2,8-9,11H2,1H3,(H2,19,20,21);1H. The molecule has 0 aliphatic heterocycles. The minimum atomic E-state index is -3.59. The van der Waals surface area contributed by atoms with Gasteiger partial charge in [-0.1, -0.05) is 11.6 Å². The summed E-state index contributed by atoms with van der Waals surface area (Å²) in [6.45, 7) is 3.20. The largest absolute Gasteiger partial charge is 0.386 e. The zero-order valence-electron chi connectivity index (χ0n) is 15.1. The van der Waals surface area contributed by atoms with Crippen molar-refractivity contribution >= 4 is 62.9 Å². The number of rotatable bonds is 9. The molecule has 0 radical (unpaired) electrons. The number of halogens is 2. The smallest absolute Gasteiger partial charge is 0.242 e. The van der Waals surface area contributed by atoms with Crippen molar-refractivity contribution in [2.75, 3.05) is 26.2 Å². The summed E-state index contributed by atoms with van der Waals surface area (Å²) in [5, 5.41) is 16.2. The Hall–Kier alpha value is -0.990. The van der Waals surface area contributed by atoms with Gasteiger partial charge in [-0.25, -0.2) is 13.1 Å². The lowest BCUT2D eigenvalue weighted by molar-refractivity contribution is 0.191. The van der Waals surface area contributed by atoms with Gasteiger partial charge in [-0.15, -0.1) is 35.3 Å². The molecule has 0 saturated heterocycles. The van der Waals surface area contributed by atoms with E-state index in [2.05, 4.69) is 25.3 Å². The summed E-state index contributed by atoms with van der Waals surface area (Å²) in [5.74, 6) is 0.486. The first-order chi connectivity index (χ1) is 12.9. The molecule has 2 heterocycles. The molecule has 0 amide bonds. The zero-order valence-corrected chi connectivity index (χ0v) is 19.9. The predicted octanol–water partition coefficient (Wildman–Crippen LogP) is 1.98. The lowest BCUT2D eigenvalue weighted by atomic mass is 10.3. The molecular weight excluding hydrogens is 537 g/mol. The van der Waals surface area contributed by atoms with Gasteiger partial charge >= 0.3 is 0 Å². The molecule has 8 nitrogen and oxygen atoms in total. The van der Waals surface area contributed by atoms with Gasteiger partial charge in [-0.2, -0.15) is 0 Å². The van der Waals surface area contributed by atoms with Gasteiger partial charge in [0.05, 0.1) is 10.9 Å². The van der Waals surface area contributed by atoms with Gasteiger partial charge in [-0.3, -0.25) is 9.98 Å². The quantitative estimate of drug-likeness (QED) is 0.162. The highest BCUT2D eigenvalue weighted by molar-refractivity contribution is 14.0. The first-order valence-corrected chi connectivity index (χ1v) is 11.0. The second-order valence-electron chi connectivity index (χ2n) is 5.39. The van der Waals surface area contributed by atoms with Crippen molar-refractivity contribution in [2.45, 2.75) is 17.9 Å². The lowest BCUT2D eigenvalue weighted by Crippen LogP contribution is -2.41. The van der Waals surface area contributed by atoms with E-state index in [1.807, 2.05) is 6.92 Å². The van der Waals surface area contributed by atoms with Crippen molar-refractivity contribution in [1.29, 1.82) is 0 Å². The number of aliphatic imine (C=N–C) groups is 1. The van der Waals surface area contributed by atoms with E-state index in [0.29, 0.717) is 23.4 Å². The summed E-state index contributed by atoms with van der Waals surface area (Å²) in [6, 6.07) is 6.54. The van der Waals surface area contributed by atoms with Crippen molar-refractivity contribution in [3.8, 4) is 0 Å². The van der Waals surface area contributed by atoms with Crippen LogP contribution in [-0.4, -0.2) is 50.6 Å². The Morgan fingerprint density at radius 3 is 2.71 bits per heavy atom. The maximum atomic E-state index is 12.1. The molecule has 0 aliphatic carbocycles. The Morgan fingerprint density at radius 1 is 1.32 bits per heavy atom. The van der Waals surface area contributed by atoms with E-state index in [4.69, 9.17) is 11.6 Å². The van der Waals surface area contributed by atoms with Crippen molar-refractivity contribution in [3.05, 3.63) is 45.9 Å². The molecule has 1 atom stereocenters. The molecule has 0 bridgehead atoms. The first-order valence-electron chi connectivity index (χ1n) is 8.27. The molecule has 0 spiro atoms. The average molecular weight is 560 g/mol. The van der Waals surface area contributed by atoms with Crippen LogP contribution in [0.5, 0.6) is 0 Å². The second kappa shape index (κ2) is 12.5. The Morgan fingerprint density at radius 2 is 2.11 bits per heavy atom. The topological polar surface area (TPSA) is 116 Å². The summed E-state index contributed by atoms with van der Waals surface area (Å²) < 4.78 is 27.3. The van der Waals surface area contributed by atoms with Crippen LogP contribution in [0.4, 0.5) is 0 Å². The number of thiophene rings is 1. The number of pyridine rings is 1. The fourth-order valence-corrected chi connectivity index (χ4v) is 4.11. The number of hydrogen-bond acceptors (Lipinski definition) is 6. The van der Waals surface area contributed by atoms with Crippen LogP contribution in [0.3, 0.4) is 0 Å². The minimum absolute atomic E-state index is 0. The fourth-order valence-electron chi connectivity index (χ4n) is 2.07. The van der Waals surface area contributed by atoms with Gasteiger partial charge < -0.3 is 15.7 Å². The first kappa shape index (κ1) is 25.0. The highest BCUT2D eigenvalue weighted by atomic mass is 127. The summed E-state index contributed by atoms with van der Waals surface area (Å²) in [4.78, 5) is 8.97. The van der Waals surface area contributed by atoms with Gasteiger partial charge in [0.25, 0.3) is 0 Å². The molecule has 0 fully saturated rings. The molecule has 2 aromatic heterocycles. The summed E-state index contributed by atoms with van der Waals surface area (Å²) >= 11 is 7.18. The Bertz CT molecular complexity index is 849. The third kappa shape index (κ3) is 8.17. The van der Waals surface area contributed by atoms with Crippen LogP contribution in [0.15, 0.2) is 46.5 Å². The van der Waals surface area contributed by atoms with Crippen LogP contribution in [0.1, 0.15) is 17.9 Å². The Kier molecular flexibility index (Phi) is 11.2. The van der Waals surface area contributed by atoms with Crippen molar-refractivity contribution in [1.82, 2.24) is 20.3 Å². The highest BCUT2D eigenvalue weighted by Gasteiger charge is 2.13. The van der Waals surface area contributed by atoms with Crippen LogP contribution < -0.4 is 15.4 Å². The van der Waals surface area contributed by atoms with E-state index in [0.717, 1.165) is 4.88 Å². The van der Waals surface area contributed by atoms with Crippen molar-refractivity contribution in [2.24, 2.45) is 4.99 Å². The van der Waals surface area contributed by atoms with Crippen LogP contribution >= 0.6 is 46.9 Å². The maximum Gasteiger partial charge on any atom is 0.242 e.